The predicted octanol–water partition coefficient (Wildman–Crippen LogP) is 1.28. The maximum absolute atomic E-state index is 11.8. The van der Waals surface area contributed by atoms with Gasteiger partial charge in [0.05, 0.1) is 13.1 Å². The molecular formula is C16H19N3O2. The van der Waals surface area contributed by atoms with E-state index in [0.717, 1.165) is 29.9 Å². The van der Waals surface area contributed by atoms with E-state index in [2.05, 4.69) is 16.6 Å². The van der Waals surface area contributed by atoms with Gasteiger partial charge in [0.25, 0.3) is 0 Å². The molecule has 0 bridgehead atoms. The molecule has 2 amide bonds. The number of hydrogen-bond acceptors (Lipinski definition) is 3. The summed E-state index contributed by atoms with van der Waals surface area (Å²) in [6.07, 6.45) is 6.61. The van der Waals surface area contributed by atoms with Crippen molar-refractivity contribution >= 4 is 23.2 Å². The van der Waals surface area contributed by atoms with Crippen LogP contribution in [-0.4, -0.2) is 31.4 Å². The Balaban J connectivity index is 2.00. The molecule has 1 saturated heterocycles. The number of nitrogens with one attached hydrogen (secondary N) is 2. The number of carbonyl (C=O) groups excluding carboxylic acids is 2. The van der Waals surface area contributed by atoms with Crippen LogP contribution in [-0.2, 0) is 9.59 Å². The van der Waals surface area contributed by atoms with E-state index >= 15 is 0 Å². The Bertz CT molecular complexity index is 590. The highest BCUT2D eigenvalue weighted by molar-refractivity contribution is 5.97. The third-order valence-electron chi connectivity index (χ3n) is 3.36. The monoisotopic (exact) mass is 285 g/mol. The zero-order valence-electron chi connectivity index (χ0n) is 12.1. The van der Waals surface area contributed by atoms with Crippen LogP contribution in [0.4, 0.5) is 11.4 Å². The number of anilines is 2. The van der Waals surface area contributed by atoms with E-state index in [1.807, 2.05) is 25.1 Å². The minimum atomic E-state index is -0.144. The lowest BCUT2D eigenvalue weighted by Gasteiger charge is -2.19. The number of terminal acetylenes is 1. The minimum absolute atomic E-state index is 0.144. The summed E-state index contributed by atoms with van der Waals surface area (Å²) in [6, 6.07) is 5.57. The van der Waals surface area contributed by atoms with Crippen molar-refractivity contribution in [2.24, 2.45) is 0 Å². The fraction of sp³-hybridized carbons (Fsp3) is 0.375. The van der Waals surface area contributed by atoms with E-state index in [4.69, 9.17) is 6.42 Å². The highest BCUT2D eigenvalue weighted by Crippen LogP contribution is 2.27. The van der Waals surface area contributed by atoms with Crippen molar-refractivity contribution in [2.75, 3.05) is 29.9 Å². The zero-order chi connectivity index (χ0) is 15.2. The molecule has 0 aromatic heterocycles. The maximum Gasteiger partial charge on any atom is 0.238 e. The van der Waals surface area contributed by atoms with Crippen molar-refractivity contribution in [3.8, 4) is 12.3 Å². The second kappa shape index (κ2) is 6.91. The van der Waals surface area contributed by atoms with Gasteiger partial charge >= 0.3 is 0 Å². The van der Waals surface area contributed by atoms with Crippen molar-refractivity contribution in [2.45, 2.75) is 19.8 Å². The van der Waals surface area contributed by atoms with Crippen LogP contribution >= 0.6 is 0 Å². The number of aryl methyl sites for hydroxylation is 1. The third kappa shape index (κ3) is 3.83. The molecule has 1 heterocycles. The molecule has 1 aliphatic rings. The zero-order valence-corrected chi connectivity index (χ0v) is 12.1. The Morgan fingerprint density at radius 2 is 2.29 bits per heavy atom. The Hall–Kier alpha value is -2.32. The molecule has 2 N–H and O–H groups in total. The van der Waals surface area contributed by atoms with Gasteiger partial charge in [0.2, 0.25) is 11.8 Å². The molecule has 5 heteroatoms. The van der Waals surface area contributed by atoms with Gasteiger partial charge < -0.3 is 10.2 Å². The first kappa shape index (κ1) is 15.1. The first-order chi connectivity index (χ1) is 10.1. The molecule has 0 saturated carbocycles. The minimum Gasteiger partial charge on any atom is -0.325 e. The summed E-state index contributed by atoms with van der Waals surface area (Å²) in [6.45, 7) is 3.24. The maximum atomic E-state index is 11.8. The standard InChI is InChI=1S/C16H19N3O2/c1-3-8-17-11-15(20)18-13-6-7-14(12(2)10-13)19-9-4-5-16(19)21/h1,6-7,10,17H,4-5,8-9,11H2,2H3,(H,18,20). The van der Waals surface area contributed by atoms with Gasteiger partial charge in [-0.1, -0.05) is 5.92 Å². The van der Waals surface area contributed by atoms with Crippen molar-refractivity contribution in [1.29, 1.82) is 0 Å². The lowest BCUT2D eigenvalue weighted by Crippen LogP contribution is -2.28. The molecule has 1 fully saturated rings. The van der Waals surface area contributed by atoms with Crippen molar-refractivity contribution in [1.82, 2.24) is 5.32 Å². The Labute approximate surface area is 124 Å². The van der Waals surface area contributed by atoms with Gasteiger partial charge in [-0.25, -0.2) is 0 Å². The van der Waals surface area contributed by atoms with E-state index in [0.29, 0.717) is 13.0 Å². The normalized spacial score (nSPS) is 14.1. The van der Waals surface area contributed by atoms with Crippen LogP contribution in [0.2, 0.25) is 0 Å². The molecule has 21 heavy (non-hydrogen) atoms. The van der Waals surface area contributed by atoms with Crippen LogP contribution in [0, 0.1) is 19.3 Å². The SMILES string of the molecule is C#CCNCC(=O)Nc1ccc(N2CCCC2=O)c(C)c1. The summed E-state index contributed by atoms with van der Waals surface area (Å²) in [5.74, 6) is 2.43. The van der Waals surface area contributed by atoms with Gasteiger partial charge in [-0.3, -0.25) is 14.9 Å². The Morgan fingerprint density at radius 3 is 2.90 bits per heavy atom. The van der Waals surface area contributed by atoms with Crippen molar-refractivity contribution < 1.29 is 9.59 Å². The molecule has 0 spiro atoms. The highest BCUT2D eigenvalue weighted by atomic mass is 16.2. The Kier molecular flexibility index (Phi) is 4.96. The van der Waals surface area contributed by atoms with Gasteiger partial charge in [-0.05, 0) is 37.1 Å². The number of nitrogens with zero attached hydrogens (tertiary/aromatic N) is 1. The van der Waals surface area contributed by atoms with Crippen LogP contribution in [0.3, 0.4) is 0 Å². The predicted molar refractivity (Wildman–Crippen MR) is 83.1 cm³/mol. The summed E-state index contributed by atoms with van der Waals surface area (Å²) >= 11 is 0. The van der Waals surface area contributed by atoms with E-state index < -0.39 is 0 Å². The largest absolute Gasteiger partial charge is 0.325 e. The molecule has 1 aromatic rings. The molecule has 0 unspecified atom stereocenters. The second-order valence-corrected chi connectivity index (χ2v) is 5.01. The van der Waals surface area contributed by atoms with Crippen molar-refractivity contribution in [3.05, 3.63) is 23.8 Å². The lowest BCUT2D eigenvalue weighted by atomic mass is 10.1. The average Bonchev–Trinajstić information content (AvgIpc) is 2.85. The number of rotatable bonds is 5. The fourth-order valence-corrected chi connectivity index (χ4v) is 2.39. The van der Waals surface area contributed by atoms with Gasteiger partial charge in [0.15, 0.2) is 0 Å². The molecule has 0 atom stereocenters. The fourth-order valence-electron chi connectivity index (χ4n) is 2.39. The van der Waals surface area contributed by atoms with Crippen LogP contribution in [0.25, 0.3) is 0 Å². The van der Waals surface area contributed by atoms with Crippen molar-refractivity contribution in [3.63, 3.8) is 0 Å². The van der Waals surface area contributed by atoms with E-state index in [1.54, 1.807) is 4.90 Å². The second-order valence-electron chi connectivity index (χ2n) is 5.01. The van der Waals surface area contributed by atoms with E-state index in [-0.39, 0.29) is 18.4 Å². The highest BCUT2D eigenvalue weighted by Gasteiger charge is 2.22. The van der Waals surface area contributed by atoms with Crippen LogP contribution in [0.1, 0.15) is 18.4 Å². The molecule has 5 nitrogen and oxygen atoms in total. The molecule has 110 valence electrons. The van der Waals surface area contributed by atoms with Crippen LogP contribution in [0.15, 0.2) is 18.2 Å². The summed E-state index contributed by atoms with van der Waals surface area (Å²) in [4.78, 5) is 25.3. The van der Waals surface area contributed by atoms with Crippen LogP contribution < -0.4 is 15.5 Å². The molecular weight excluding hydrogens is 266 g/mol. The molecule has 0 radical (unpaired) electrons. The van der Waals surface area contributed by atoms with Crippen LogP contribution in [0.5, 0.6) is 0 Å². The molecule has 2 rings (SSSR count). The van der Waals surface area contributed by atoms with E-state index in [1.165, 1.54) is 0 Å². The van der Waals surface area contributed by atoms with Gasteiger partial charge in [0.1, 0.15) is 0 Å². The first-order valence-electron chi connectivity index (χ1n) is 6.97. The molecule has 1 aromatic carbocycles. The average molecular weight is 285 g/mol. The van der Waals surface area contributed by atoms with Gasteiger partial charge in [-0.2, -0.15) is 0 Å². The smallest absolute Gasteiger partial charge is 0.238 e. The number of amides is 2. The summed E-state index contributed by atoms with van der Waals surface area (Å²) in [7, 11) is 0. The van der Waals surface area contributed by atoms with Gasteiger partial charge in [-0.15, -0.1) is 6.42 Å². The topological polar surface area (TPSA) is 61.4 Å². The number of hydrogen-bond donors (Lipinski definition) is 2. The Morgan fingerprint density at radius 1 is 1.48 bits per heavy atom. The van der Waals surface area contributed by atoms with Gasteiger partial charge in [0, 0.05) is 24.3 Å². The third-order valence-corrected chi connectivity index (χ3v) is 3.36. The quantitative estimate of drug-likeness (QED) is 0.633. The first-order valence-corrected chi connectivity index (χ1v) is 6.97. The number of benzene rings is 1. The van der Waals surface area contributed by atoms with E-state index in [9.17, 15) is 9.59 Å². The number of carbonyl (C=O) groups is 2. The summed E-state index contributed by atoms with van der Waals surface area (Å²) in [5, 5.41) is 5.63. The molecule has 1 aliphatic heterocycles. The summed E-state index contributed by atoms with van der Waals surface area (Å²) < 4.78 is 0. The molecule has 0 aliphatic carbocycles. The lowest BCUT2D eigenvalue weighted by molar-refractivity contribution is -0.117. The summed E-state index contributed by atoms with van der Waals surface area (Å²) in [5.41, 5.74) is 2.61.